The van der Waals surface area contributed by atoms with Gasteiger partial charge in [-0.15, -0.1) is 12.4 Å². The summed E-state index contributed by atoms with van der Waals surface area (Å²) in [6.45, 7) is 0. The van der Waals surface area contributed by atoms with Gasteiger partial charge in [-0.1, -0.05) is 35.7 Å². The summed E-state index contributed by atoms with van der Waals surface area (Å²) in [5.41, 5.74) is 7.23. The quantitative estimate of drug-likeness (QED) is 0.778. The minimum Gasteiger partial charge on any atom is -0.353 e. The van der Waals surface area contributed by atoms with Crippen molar-refractivity contribution in [3.8, 4) is 0 Å². The van der Waals surface area contributed by atoms with Gasteiger partial charge in [-0.05, 0) is 67.6 Å². The largest absolute Gasteiger partial charge is 0.353 e. The first kappa shape index (κ1) is 19.3. The van der Waals surface area contributed by atoms with E-state index in [1.165, 1.54) is 19.3 Å². The third kappa shape index (κ3) is 3.95. The first-order valence-corrected chi connectivity index (χ1v) is 9.79. The highest BCUT2D eigenvalue weighted by molar-refractivity contribution is 6.35. The Bertz CT molecular complexity index is 640. The van der Waals surface area contributed by atoms with Crippen LogP contribution in [0, 0.1) is 17.8 Å². The number of amides is 1. The van der Waals surface area contributed by atoms with E-state index in [1.54, 1.807) is 6.07 Å². The molecule has 1 aromatic carbocycles. The molecule has 0 aromatic heterocycles. The van der Waals surface area contributed by atoms with Crippen LogP contribution in [0.25, 0.3) is 0 Å². The van der Waals surface area contributed by atoms with Crippen molar-refractivity contribution in [2.45, 2.75) is 56.5 Å². The number of fused-ring (bicyclic) bond motifs is 2. The van der Waals surface area contributed by atoms with Gasteiger partial charge in [0.2, 0.25) is 5.91 Å². The van der Waals surface area contributed by atoms with Gasteiger partial charge in [0, 0.05) is 28.0 Å². The van der Waals surface area contributed by atoms with Crippen molar-refractivity contribution in [3.05, 3.63) is 33.8 Å². The Morgan fingerprint density at radius 1 is 1.12 bits per heavy atom. The predicted molar refractivity (Wildman–Crippen MR) is 105 cm³/mol. The Hall–Kier alpha value is -0.480. The van der Waals surface area contributed by atoms with Crippen LogP contribution in [0.5, 0.6) is 0 Å². The molecular weight excluding hydrogens is 379 g/mol. The summed E-state index contributed by atoms with van der Waals surface area (Å²) >= 11 is 12.3. The van der Waals surface area contributed by atoms with E-state index in [4.69, 9.17) is 28.9 Å². The standard InChI is InChI=1S/C19H24Cl2N2O.ClH/c20-12-4-5-14(17(21)8-12)15-9-16(15)19(24)23-18-10-2-1-3-11(18)7-13(22)6-10;/h4-5,8,10-11,13,15-16,18H,1-3,6-7,9,22H2,(H,23,24);1H. The number of nitrogens with two attached hydrogens (primary N) is 1. The molecule has 3 saturated carbocycles. The lowest BCUT2D eigenvalue weighted by molar-refractivity contribution is -0.124. The van der Waals surface area contributed by atoms with E-state index in [0.29, 0.717) is 34.0 Å². The van der Waals surface area contributed by atoms with Gasteiger partial charge >= 0.3 is 0 Å². The minimum atomic E-state index is 0. The molecule has 1 aromatic rings. The lowest BCUT2D eigenvalue weighted by Gasteiger charge is -2.45. The molecule has 0 aliphatic heterocycles. The Balaban J connectivity index is 0.00000182. The van der Waals surface area contributed by atoms with E-state index < -0.39 is 0 Å². The topological polar surface area (TPSA) is 55.1 Å². The van der Waals surface area contributed by atoms with Crippen molar-refractivity contribution < 1.29 is 4.79 Å². The van der Waals surface area contributed by atoms with Crippen LogP contribution in [0.4, 0.5) is 0 Å². The van der Waals surface area contributed by atoms with Crippen LogP contribution in [0.15, 0.2) is 18.2 Å². The molecule has 3 nitrogen and oxygen atoms in total. The maximum atomic E-state index is 12.7. The summed E-state index contributed by atoms with van der Waals surface area (Å²) in [6.07, 6.45) is 6.67. The minimum absolute atomic E-state index is 0. The second-order valence-corrected chi connectivity index (χ2v) is 8.68. The smallest absolute Gasteiger partial charge is 0.223 e. The fourth-order valence-corrected chi connectivity index (χ4v) is 5.48. The molecule has 0 spiro atoms. The number of nitrogens with one attached hydrogen (secondary N) is 1. The van der Waals surface area contributed by atoms with Crippen LogP contribution < -0.4 is 11.1 Å². The van der Waals surface area contributed by atoms with E-state index in [1.807, 2.05) is 12.1 Å². The summed E-state index contributed by atoms with van der Waals surface area (Å²) in [4.78, 5) is 12.7. The molecule has 4 atom stereocenters. The highest BCUT2D eigenvalue weighted by Crippen LogP contribution is 2.50. The van der Waals surface area contributed by atoms with Crippen molar-refractivity contribution in [2.24, 2.45) is 23.5 Å². The van der Waals surface area contributed by atoms with E-state index >= 15 is 0 Å². The molecule has 4 rings (SSSR count). The van der Waals surface area contributed by atoms with Gasteiger partial charge in [0.05, 0.1) is 0 Å². The lowest BCUT2D eigenvalue weighted by atomic mass is 9.67. The fourth-order valence-electron chi connectivity index (χ4n) is 4.93. The molecule has 138 valence electrons. The van der Waals surface area contributed by atoms with Gasteiger partial charge < -0.3 is 11.1 Å². The number of carbonyl (C=O) groups excluding carboxylic acids is 1. The monoisotopic (exact) mass is 402 g/mol. The second-order valence-electron chi connectivity index (χ2n) is 7.83. The highest BCUT2D eigenvalue weighted by atomic mass is 35.5. The van der Waals surface area contributed by atoms with Gasteiger partial charge in [0.25, 0.3) is 0 Å². The van der Waals surface area contributed by atoms with Crippen molar-refractivity contribution in [1.29, 1.82) is 0 Å². The molecule has 4 unspecified atom stereocenters. The Labute approximate surface area is 165 Å². The Morgan fingerprint density at radius 3 is 2.44 bits per heavy atom. The van der Waals surface area contributed by atoms with Crippen LogP contribution in [-0.2, 0) is 4.79 Å². The number of benzene rings is 1. The summed E-state index contributed by atoms with van der Waals surface area (Å²) in [5, 5.41) is 4.68. The van der Waals surface area contributed by atoms with Gasteiger partial charge in [-0.25, -0.2) is 0 Å². The third-order valence-electron chi connectivity index (χ3n) is 6.17. The Kier molecular flexibility index (Phi) is 5.89. The fraction of sp³-hybridized carbons (Fsp3) is 0.632. The number of hydrogen-bond acceptors (Lipinski definition) is 2. The SMILES string of the molecule is Cl.NC1CC2CCCC(C1)C2NC(=O)C1CC1c1ccc(Cl)cc1Cl. The maximum absolute atomic E-state index is 12.7. The van der Waals surface area contributed by atoms with E-state index in [0.717, 1.165) is 24.8 Å². The molecule has 0 radical (unpaired) electrons. The number of hydrogen-bond donors (Lipinski definition) is 2. The molecule has 3 N–H and O–H groups in total. The van der Waals surface area contributed by atoms with E-state index in [-0.39, 0.29) is 30.2 Å². The van der Waals surface area contributed by atoms with Crippen LogP contribution in [0.2, 0.25) is 10.0 Å². The molecule has 0 saturated heterocycles. The first-order valence-electron chi connectivity index (χ1n) is 9.04. The molecule has 6 heteroatoms. The molecule has 25 heavy (non-hydrogen) atoms. The summed E-state index contributed by atoms with van der Waals surface area (Å²) < 4.78 is 0. The normalized spacial score (nSPS) is 36.3. The molecule has 0 heterocycles. The van der Waals surface area contributed by atoms with E-state index in [2.05, 4.69) is 5.32 Å². The number of rotatable bonds is 3. The maximum Gasteiger partial charge on any atom is 0.223 e. The van der Waals surface area contributed by atoms with Crippen molar-refractivity contribution >= 4 is 41.5 Å². The summed E-state index contributed by atoms with van der Waals surface area (Å²) in [7, 11) is 0. The van der Waals surface area contributed by atoms with Gasteiger partial charge in [-0.2, -0.15) is 0 Å². The molecule has 3 aliphatic rings. The lowest BCUT2D eigenvalue weighted by Crippen LogP contribution is -2.54. The van der Waals surface area contributed by atoms with Crippen LogP contribution >= 0.6 is 35.6 Å². The first-order chi connectivity index (χ1) is 11.5. The zero-order valence-corrected chi connectivity index (χ0v) is 16.4. The average Bonchev–Trinajstić information content (AvgIpc) is 3.28. The average molecular weight is 404 g/mol. The van der Waals surface area contributed by atoms with Gasteiger partial charge in [0.1, 0.15) is 0 Å². The summed E-state index contributed by atoms with van der Waals surface area (Å²) in [6, 6.07) is 6.21. The molecule has 3 aliphatic carbocycles. The van der Waals surface area contributed by atoms with E-state index in [9.17, 15) is 4.79 Å². The molecule has 2 bridgehead atoms. The van der Waals surface area contributed by atoms with Crippen LogP contribution in [0.1, 0.15) is 50.0 Å². The molecule has 3 fully saturated rings. The Morgan fingerprint density at radius 2 is 1.80 bits per heavy atom. The highest BCUT2D eigenvalue weighted by Gasteiger charge is 2.47. The molecule has 1 amide bonds. The zero-order chi connectivity index (χ0) is 16.8. The van der Waals surface area contributed by atoms with Crippen LogP contribution in [0.3, 0.4) is 0 Å². The van der Waals surface area contributed by atoms with Gasteiger partial charge in [-0.3, -0.25) is 4.79 Å². The van der Waals surface area contributed by atoms with Crippen molar-refractivity contribution in [1.82, 2.24) is 5.32 Å². The third-order valence-corrected chi connectivity index (χ3v) is 6.74. The molecular formula is C19H25Cl3N2O. The summed E-state index contributed by atoms with van der Waals surface area (Å²) in [5.74, 6) is 1.62. The predicted octanol–water partition coefficient (Wildman–Crippen LogP) is 4.54. The second kappa shape index (κ2) is 7.64. The van der Waals surface area contributed by atoms with Crippen molar-refractivity contribution in [2.75, 3.05) is 0 Å². The van der Waals surface area contributed by atoms with Crippen LogP contribution in [-0.4, -0.2) is 18.0 Å². The number of halogens is 3. The number of carbonyl (C=O) groups is 1. The van der Waals surface area contributed by atoms with Crippen molar-refractivity contribution in [3.63, 3.8) is 0 Å². The van der Waals surface area contributed by atoms with Gasteiger partial charge in [0.15, 0.2) is 0 Å². The zero-order valence-electron chi connectivity index (χ0n) is 14.1.